The van der Waals surface area contributed by atoms with Gasteiger partial charge in [0.05, 0.1) is 24.2 Å². The standard InChI is InChI=1S/C18H25NO3/c1-4-9-17(16(20)21,10-13(2)3)14-5-7-15(8-6-14)18(19)11-22-12-18/h4-8,13H,1,9-12,19H2,2-3H3,(H,20,21). The normalized spacial score (nSPS) is 19.3. The maximum Gasteiger partial charge on any atom is 0.314 e. The summed E-state index contributed by atoms with van der Waals surface area (Å²) < 4.78 is 5.19. The molecular weight excluding hydrogens is 278 g/mol. The van der Waals surface area contributed by atoms with Crippen LogP contribution in [0.15, 0.2) is 36.9 Å². The van der Waals surface area contributed by atoms with Gasteiger partial charge in [-0.25, -0.2) is 0 Å². The van der Waals surface area contributed by atoms with Crippen LogP contribution in [0.2, 0.25) is 0 Å². The predicted molar refractivity (Wildman–Crippen MR) is 86.7 cm³/mol. The number of nitrogens with two attached hydrogens (primary N) is 1. The highest BCUT2D eigenvalue weighted by Gasteiger charge is 2.41. The molecule has 4 heteroatoms. The Hall–Kier alpha value is -1.65. The molecular formula is C18H25NO3. The average molecular weight is 303 g/mol. The Morgan fingerprint density at radius 1 is 1.45 bits per heavy atom. The summed E-state index contributed by atoms with van der Waals surface area (Å²) in [5.74, 6) is -0.528. The van der Waals surface area contributed by atoms with Crippen molar-refractivity contribution >= 4 is 5.97 Å². The molecule has 2 rings (SSSR count). The van der Waals surface area contributed by atoms with Crippen molar-refractivity contribution in [2.45, 2.75) is 37.6 Å². The Morgan fingerprint density at radius 3 is 2.41 bits per heavy atom. The summed E-state index contributed by atoms with van der Waals surface area (Å²) in [6.07, 6.45) is 2.68. The molecule has 3 N–H and O–H groups in total. The minimum Gasteiger partial charge on any atom is -0.481 e. The Bertz CT molecular complexity index is 546. The third kappa shape index (κ3) is 2.94. The van der Waals surface area contributed by atoms with Crippen molar-refractivity contribution in [1.82, 2.24) is 0 Å². The smallest absolute Gasteiger partial charge is 0.314 e. The van der Waals surface area contributed by atoms with Gasteiger partial charge in [0.1, 0.15) is 0 Å². The maximum absolute atomic E-state index is 12.0. The van der Waals surface area contributed by atoms with Gasteiger partial charge in [0.15, 0.2) is 0 Å². The molecule has 22 heavy (non-hydrogen) atoms. The molecule has 0 saturated carbocycles. The molecule has 1 atom stereocenters. The van der Waals surface area contributed by atoms with Crippen molar-refractivity contribution in [3.8, 4) is 0 Å². The second-order valence-electron chi connectivity index (χ2n) is 6.70. The lowest BCUT2D eigenvalue weighted by Crippen LogP contribution is -2.54. The largest absolute Gasteiger partial charge is 0.481 e. The minimum atomic E-state index is -0.924. The lowest BCUT2D eigenvalue weighted by Gasteiger charge is -2.38. The van der Waals surface area contributed by atoms with Crippen LogP contribution in [0.1, 0.15) is 37.8 Å². The molecule has 4 nitrogen and oxygen atoms in total. The van der Waals surface area contributed by atoms with Crippen molar-refractivity contribution in [1.29, 1.82) is 0 Å². The molecule has 0 amide bonds. The van der Waals surface area contributed by atoms with Crippen molar-refractivity contribution in [2.75, 3.05) is 13.2 Å². The molecule has 1 aliphatic heterocycles. The van der Waals surface area contributed by atoms with E-state index in [1.807, 2.05) is 38.1 Å². The van der Waals surface area contributed by atoms with E-state index >= 15 is 0 Å². The lowest BCUT2D eigenvalue weighted by molar-refractivity contribution is -0.144. The van der Waals surface area contributed by atoms with Crippen LogP contribution in [-0.4, -0.2) is 24.3 Å². The summed E-state index contributed by atoms with van der Waals surface area (Å²) in [5.41, 5.74) is 6.67. The third-order valence-electron chi connectivity index (χ3n) is 4.39. The summed E-state index contributed by atoms with van der Waals surface area (Å²) in [4.78, 5) is 12.0. The van der Waals surface area contributed by atoms with Crippen LogP contribution in [0.3, 0.4) is 0 Å². The van der Waals surface area contributed by atoms with E-state index in [2.05, 4.69) is 6.58 Å². The summed E-state index contributed by atoms with van der Waals surface area (Å²) in [7, 11) is 0. The number of hydrogen-bond donors (Lipinski definition) is 2. The van der Waals surface area contributed by atoms with Crippen molar-refractivity contribution in [3.05, 3.63) is 48.0 Å². The fourth-order valence-corrected chi connectivity index (χ4v) is 3.17. The van der Waals surface area contributed by atoms with Crippen LogP contribution in [0.4, 0.5) is 0 Å². The monoisotopic (exact) mass is 303 g/mol. The zero-order valence-electron chi connectivity index (χ0n) is 13.3. The van der Waals surface area contributed by atoms with Crippen molar-refractivity contribution in [2.24, 2.45) is 11.7 Å². The zero-order valence-corrected chi connectivity index (χ0v) is 13.3. The molecule has 0 radical (unpaired) electrons. The Morgan fingerprint density at radius 2 is 2.05 bits per heavy atom. The van der Waals surface area contributed by atoms with Crippen molar-refractivity contribution in [3.63, 3.8) is 0 Å². The third-order valence-corrected chi connectivity index (χ3v) is 4.39. The molecule has 1 aromatic carbocycles. The van der Waals surface area contributed by atoms with Gasteiger partial charge in [-0.15, -0.1) is 6.58 Å². The first-order valence-corrected chi connectivity index (χ1v) is 7.66. The number of ether oxygens (including phenoxy) is 1. The lowest BCUT2D eigenvalue weighted by atomic mass is 9.71. The van der Waals surface area contributed by atoms with Gasteiger partial charge in [-0.1, -0.05) is 44.2 Å². The van der Waals surface area contributed by atoms with E-state index in [4.69, 9.17) is 10.5 Å². The highest BCUT2D eigenvalue weighted by atomic mass is 16.5. The van der Waals surface area contributed by atoms with Crippen LogP contribution >= 0.6 is 0 Å². The highest BCUT2D eigenvalue weighted by Crippen LogP contribution is 2.37. The first-order chi connectivity index (χ1) is 10.3. The molecule has 1 aliphatic rings. The van der Waals surface area contributed by atoms with E-state index in [-0.39, 0.29) is 5.92 Å². The van der Waals surface area contributed by atoms with E-state index in [0.717, 1.165) is 11.1 Å². The van der Waals surface area contributed by atoms with E-state index in [0.29, 0.717) is 26.1 Å². The minimum absolute atomic E-state index is 0.275. The molecule has 120 valence electrons. The molecule has 0 spiro atoms. The van der Waals surface area contributed by atoms with E-state index in [1.54, 1.807) is 6.08 Å². The van der Waals surface area contributed by atoms with Gasteiger partial charge >= 0.3 is 5.97 Å². The van der Waals surface area contributed by atoms with Crippen LogP contribution in [0.5, 0.6) is 0 Å². The number of benzene rings is 1. The van der Waals surface area contributed by atoms with Gasteiger partial charge in [-0.3, -0.25) is 4.79 Å². The summed E-state index contributed by atoms with van der Waals surface area (Å²) in [5, 5.41) is 9.85. The Balaban J connectivity index is 2.38. The molecule has 1 fully saturated rings. The van der Waals surface area contributed by atoms with Gasteiger partial charge in [-0.2, -0.15) is 0 Å². The Kier molecular flexibility index (Phi) is 4.73. The highest BCUT2D eigenvalue weighted by molar-refractivity contribution is 5.81. The molecule has 1 saturated heterocycles. The topological polar surface area (TPSA) is 72.5 Å². The van der Waals surface area contributed by atoms with Gasteiger partial charge in [0.25, 0.3) is 0 Å². The number of allylic oxidation sites excluding steroid dienone is 1. The van der Waals surface area contributed by atoms with E-state index in [9.17, 15) is 9.90 Å². The molecule has 0 bridgehead atoms. The van der Waals surface area contributed by atoms with Crippen LogP contribution in [0.25, 0.3) is 0 Å². The molecule has 0 aliphatic carbocycles. The summed E-state index contributed by atoms with van der Waals surface area (Å²) in [6, 6.07) is 7.64. The number of aliphatic carboxylic acids is 1. The fourth-order valence-electron chi connectivity index (χ4n) is 3.17. The maximum atomic E-state index is 12.0. The zero-order chi connectivity index (χ0) is 16.4. The molecule has 1 heterocycles. The first-order valence-electron chi connectivity index (χ1n) is 7.66. The van der Waals surface area contributed by atoms with Gasteiger partial charge in [-0.05, 0) is 29.9 Å². The predicted octanol–water partition coefficient (Wildman–Crippen LogP) is 2.82. The molecule has 1 unspecified atom stereocenters. The number of hydrogen-bond acceptors (Lipinski definition) is 3. The van der Waals surface area contributed by atoms with E-state index < -0.39 is 16.9 Å². The second kappa shape index (κ2) is 6.23. The van der Waals surface area contributed by atoms with Gasteiger partial charge in [0.2, 0.25) is 0 Å². The number of rotatable bonds is 7. The summed E-state index contributed by atoms with van der Waals surface area (Å²) >= 11 is 0. The first kappa shape index (κ1) is 16.7. The van der Waals surface area contributed by atoms with Crippen LogP contribution < -0.4 is 5.73 Å². The molecule has 0 aromatic heterocycles. The average Bonchev–Trinajstić information content (AvgIpc) is 2.43. The fraction of sp³-hybridized carbons (Fsp3) is 0.500. The van der Waals surface area contributed by atoms with E-state index in [1.165, 1.54) is 0 Å². The van der Waals surface area contributed by atoms with Gasteiger partial charge in [0, 0.05) is 0 Å². The quantitative estimate of drug-likeness (QED) is 0.760. The number of carboxylic acids is 1. The van der Waals surface area contributed by atoms with Crippen LogP contribution in [0, 0.1) is 5.92 Å². The Labute approximate surface area is 132 Å². The van der Waals surface area contributed by atoms with Crippen LogP contribution in [-0.2, 0) is 20.5 Å². The number of carboxylic acid groups (broad SMARTS) is 1. The summed E-state index contributed by atoms with van der Waals surface area (Å²) in [6.45, 7) is 8.83. The van der Waals surface area contributed by atoms with Crippen molar-refractivity contribution < 1.29 is 14.6 Å². The second-order valence-corrected chi connectivity index (χ2v) is 6.70. The van der Waals surface area contributed by atoms with Gasteiger partial charge < -0.3 is 15.6 Å². The molecule has 1 aromatic rings. The number of carbonyl (C=O) groups is 1. The SMILES string of the molecule is C=CCC(CC(C)C)(C(=O)O)c1ccc(C2(N)COC2)cc1.